The van der Waals surface area contributed by atoms with E-state index in [4.69, 9.17) is 0 Å². The van der Waals surface area contributed by atoms with E-state index in [0.717, 1.165) is 18.7 Å². The highest BCUT2D eigenvalue weighted by Crippen LogP contribution is 2.38. The first kappa shape index (κ1) is 14.1. The second-order valence-corrected chi connectivity index (χ2v) is 5.58. The van der Waals surface area contributed by atoms with E-state index in [0.29, 0.717) is 11.8 Å². The van der Waals surface area contributed by atoms with Crippen LogP contribution in [0, 0.1) is 23.5 Å². The molecule has 19 heavy (non-hydrogen) atoms. The van der Waals surface area contributed by atoms with Gasteiger partial charge in [0.15, 0.2) is 5.78 Å². The molecule has 2 nitrogen and oxygen atoms in total. The second-order valence-electron chi connectivity index (χ2n) is 5.58. The summed E-state index contributed by atoms with van der Waals surface area (Å²) >= 11 is 0. The molecule has 0 spiro atoms. The number of hydrogen-bond donors (Lipinski definition) is 0. The third-order valence-electron chi connectivity index (χ3n) is 4.04. The monoisotopic (exact) mass is 267 g/mol. The summed E-state index contributed by atoms with van der Waals surface area (Å²) in [5.74, 6) is -0.397. The van der Waals surface area contributed by atoms with Crippen molar-refractivity contribution in [3.8, 4) is 0 Å². The van der Waals surface area contributed by atoms with Crippen molar-refractivity contribution in [3.05, 3.63) is 35.4 Å². The van der Waals surface area contributed by atoms with Crippen LogP contribution < -0.4 is 0 Å². The number of carbonyl (C=O) groups excluding carboxylic acids is 1. The summed E-state index contributed by atoms with van der Waals surface area (Å²) in [4.78, 5) is 14.1. The van der Waals surface area contributed by atoms with Crippen LogP contribution in [0.15, 0.2) is 18.2 Å². The van der Waals surface area contributed by atoms with Crippen LogP contribution in [-0.2, 0) is 0 Å². The predicted molar refractivity (Wildman–Crippen MR) is 70.1 cm³/mol. The Morgan fingerprint density at radius 3 is 2.63 bits per heavy atom. The average Bonchev–Trinajstić information content (AvgIpc) is 3.03. The number of benzene rings is 1. The Morgan fingerprint density at radius 1 is 1.47 bits per heavy atom. The number of ketones is 1. The first-order chi connectivity index (χ1) is 8.90. The van der Waals surface area contributed by atoms with Crippen molar-refractivity contribution in [2.75, 3.05) is 13.6 Å². The number of likely N-dealkylation sites (N-methyl/N-ethyl adjacent to an activating group) is 1. The third-order valence-corrected chi connectivity index (χ3v) is 4.04. The van der Waals surface area contributed by atoms with Gasteiger partial charge >= 0.3 is 0 Å². The fourth-order valence-electron chi connectivity index (χ4n) is 2.30. The Morgan fingerprint density at radius 2 is 2.11 bits per heavy atom. The van der Waals surface area contributed by atoms with Gasteiger partial charge in [0.05, 0.1) is 11.6 Å². The maximum absolute atomic E-state index is 13.6. The molecule has 1 saturated carbocycles. The molecule has 0 heterocycles. The molecule has 1 aliphatic rings. The quantitative estimate of drug-likeness (QED) is 0.764. The first-order valence-electron chi connectivity index (χ1n) is 6.59. The largest absolute Gasteiger partial charge is 0.296 e. The number of rotatable bonds is 5. The van der Waals surface area contributed by atoms with Gasteiger partial charge in [-0.25, -0.2) is 8.78 Å². The molecule has 1 aromatic rings. The lowest BCUT2D eigenvalue weighted by Gasteiger charge is -2.23. The van der Waals surface area contributed by atoms with E-state index in [2.05, 4.69) is 6.92 Å². The van der Waals surface area contributed by atoms with Gasteiger partial charge in [0.1, 0.15) is 11.6 Å². The molecule has 0 N–H and O–H groups in total. The fourth-order valence-corrected chi connectivity index (χ4v) is 2.30. The highest BCUT2D eigenvalue weighted by atomic mass is 19.1. The predicted octanol–water partition coefficient (Wildman–Crippen LogP) is 3.12. The molecular weight excluding hydrogens is 248 g/mol. The maximum atomic E-state index is 13.6. The van der Waals surface area contributed by atoms with Gasteiger partial charge in [0.25, 0.3) is 0 Å². The summed E-state index contributed by atoms with van der Waals surface area (Å²) in [6.07, 6.45) is 1.19. The van der Waals surface area contributed by atoms with Crippen LogP contribution in [0.1, 0.15) is 30.6 Å². The van der Waals surface area contributed by atoms with Crippen molar-refractivity contribution in [1.29, 1.82) is 0 Å². The van der Waals surface area contributed by atoms with E-state index < -0.39 is 17.7 Å². The lowest BCUT2D eigenvalue weighted by molar-refractivity contribution is 0.0859. The molecule has 104 valence electrons. The number of halogens is 2. The average molecular weight is 267 g/mol. The molecular formula is C15H19F2NO. The van der Waals surface area contributed by atoms with Gasteiger partial charge < -0.3 is 0 Å². The highest BCUT2D eigenvalue weighted by molar-refractivity contribution is 6.00. The second kappa shape index (κ2) is 5.37. The maximum Gasteiger partial charge on any atom is 0.182 e. The van der Waals surface area contributed by atoms with Gasteiger partial charge in [-0.3, -0.25) is 9.69 Å². The van der Waals surface area contributed by atoms with Gasteiger partial charge in [-0.05, 0) is 44.4 Å². The summed E-state index contributed by atoms with van der Waals surface area (Å²) < 4.78 is 26.4. The molecule has 0 amide bonds. The molecule has 3 unspecified atom stereocenters. The van der Waals surface area contributed by atoms with E-state index in [1.165, 1.54) is 12.5 Å². The van der Waals surface area contributed by atoms with Gasteiger partial charge in [0, 0.05) is 12.6 Å². The van der Waals surface area contributed by atoms with E-state index in [1.54, 1.807) is 6.92 Å². The normalized spacial score (nSPS) is 23.5. The molecule has 0 bridgehead atoms. The Labute approximate surface area is 112 Å². The van der Waals surface area contributed by atoms with Crippen molar-refractivity contribution in [2.24, 2.45) is 11.8 Å². The zero-order valence-electron chi connectivity index (χ0n) is 11.5. The summed E-state index contributed by atoms with van der Waals surface area (Å²) in [5.41, 5.74) is -0.0374. The molecule has 0 aromatic heterocycles. The van der Waals surface area contributed by atoms with Gasteiger partial charge in [-0.1, -0.05) is 6.92 Å². The Bertz CT molecular complexity index is 489. The SMILES string of the molecule is CC1CC1CN(C)C(C)C(=O)c1ccc(F)cc1F. The molecule has 1 aliphatic carbocycles. The van der Waals surface area contributed by atoms with E-state index in [9.17, 15) is 13.6 Å². The Hall–Kier alpha value is -1.29. The molecule has 4 heteroatoms. The van der Waals surface area contributed by atoms with Gasteiger partial charge in [0.2, 0.25) is 0 Å². The summed E-state index contributed by atoms with van der Waals surface area (Å²) in [6.45, 7) is 4.79. The summed E-state index contributed by atoms with van der Waals surface area (Å²) in [6, 6.07) is 2.69. The fraction of sp³-hybridized carbons (Fsp3) is 0.533. The van der Waals surface area contributed by atoms with Crippen LogP contribution in [-0.4, -0.2) is 30.3 Å². The number of nitrogens with zero attached hydrogens (tertiary/aromatic N) is 1. The van der Waals surface area contributed by atoms with Crippen molar-refractivity contribution in [3.63, 3.8) is 0 Å². The first-order valence-corrected chi connectivity index (χ1v) is 6.59. The van der Waals surface area contributed by atoms with E-state index in [-0.39, 0.29) is 11.3 Å². The topological polar surface area (TPSA) is 20.3 Å². The minimum atomic E-state index is -0.787. The van der Waals surface area contributed by atoms with E-state index in [1.807, 2.05) is 11.9 Å². The highest BCUT2D eigenvalue weighted by Gasteiger charge is 2.35. The number of hydrogen-bond acceptors (Lipinski definition) is 2. The molecule has 0 aliphatic heterocycles. The molecule has 2 rings (SSSR count). The van der Waals surface area contributed by atoms with Gasteiger partial charge in [-0.2, -0.15) is 0 Å². The molecule has 1 aromatic carbocycles. The zero-order valence-corrected chi connectivity index (χ0v) is 11.5. The summed E-state index contributed by atoms with van der Waals surface area (Å²) in [5, 5.41) is 0. The van der Waals surface area contributed by atoms with Gasteiger partial charge in [-0.15, -0.1) is 0 Å². The molecule has 0 saturated heterocycles. The Kier molecular flexibility index (Phi) is 3.99. The Balaban J connectivity index is 2.05. The molecule has 0 radical (unpaired) electrons. The molecule has 3 atom stereocenters. The standard InChI is InChI=1S/C15H19F2NO/c1-9-6-11(9)8-18(3)10(2)15(19)13-5-4-12(16)7-14(13)17/h4-5,7,9-11H,6,8H2,1-3H3. The van der Waals surface area contributed by atoms with Crippen LogP contribution in [0.5, 0.6) is 0 Å². The lowest BCUT2D eigenvalue weighted by Crippen LogP contribution is -2.37. The van der Waals surface area contributed by atoms with Crippen molar-refractivity contribution < 1.29 is 13.6 Å². The minimum absolute atomic E-state index is 0.0374. The summed E-state index contributed by atoms with van der Waals surface area (Å²) in [7, 11) is 1.87. The van der Waals surface area contributed by atoms with Crippen molar-refractivity contribution in [1.82, 2.24) is 4.90 Å². The van der Waals surface area contributed by atoms with Crippen molar-refractivity contribution in [2.45, 2.75) is 26.3 Å². The van der Waals surface area contributed by atoms with Crippen LogP contribution in [0.2, 0.25) is 0 Å². The third kappa shape index (κ3) is 3.18. The van der Waals surface area contributed by atoms with Crippen LogP contribution in [0.3, 0.4) is 0 Å². The lowest BCUT2D eigenvalue weighted by atomic mass is 10.0. The number of Topliss-reactive ketones (excluding diaryl/α,β-unsaturated/α-hetero) is 1. The minimum Gasteiger partial charge on any atom is -0.296 e. The van der Waals surface area contributed by atoms with Crippen LogP contribution >= 0.6 is 0 Å². The van der Waals surface area contributed by atoms with Crippen LogP contribution in [0.25, 0.3) is 0 Å². The molecule has 1 fully saturated rings. The van der Waals surface area contributed by atoms with Crippen LogP contribution in [0.4, 0.5) is 8.78 Å². The van der Waals surface area contributed by atoms with E-state index >= 15 is 0 Å². The zero-order chi connectivity index (χ0) is 14.2. The smallest absolute Gasteiger partial charge is 0.182 e. The van der Waals surface area contributed by atoms with Crippen molar-refractivity contribution >= 4 is 5.78 Å². The number of carbonyl (C=O) groups is 1.